The SMILES string of the molecule is COCCOCCOCCOCCOc1ccc2c(c1)[N+]([O-])=C1C2=CC(C)(C)CC1(C)C. The summed E-state index contributed by atoms with van der Waals surface area (Å²) < 4.78 is 28.1. The molecular weight excluding hydrogens is 410 g/mol. The molecule has 7 nitrogen and oxygen atoms in total. The second kappa shape index (κ2) is 10.8. The number of benzene rings is 1. The summed E-state index contributed by atoms with van der Waals surface area (Å²) in [7, 11) is 1.65. The van der Waals surface area contributed by atoms with E-state index in [0.29, 0.717) is 64.3 Å². The third-order valence-electron chi connectivity index (χ3n) is 5.68. The minimum absolute atomic E-state index is 0.0536. The van der Waals surface area contributed by atoms with Crippen molar-refractivity contribution in [2.24, 2.45) is 10.8 Å². The molecule has 1 aromatic rings. The third-order valence-corrected chi connectivity index (χ3v) is 5.68. The van der Waals surface area contributed by atoms with Crippen molar-refractivity contribution < 1.29 is 28.4 Å². The summed E-state index contributed by atoms with van der Waals surface area (Å²) in [4.78, 5) is 0. The second-order valence-electron chi connectivity index (χ2n) is 9.61. The lowest BCUT2D eigenvalue weighted by atomic mass is 9.65. The molecule has 2 aliphatic rings. The Morgan fingerprint density at radius 1 is 0.875 bits per heavy atom. The molecule has 1 heterocycles. The number of nitrogens with zero attached hydrogens (tertiary/aromatic N) is 1. The van der Waals surface area contributed by atoms with Crippen LogP contribution in [0.3, 0.4) is 0 Å². The number of hydrogen-bond donors (Lipinski definition) is 0. The monoisotopic (exact) mass is 447 g/mol. The fourth-order valence-electron chi connectivity index (χ4n) is 4.71. The predicted octanol–water partition coefficient (Wildman–Crippen LogP) is 4.20. The van der Waals surface area contributed by atoms with E-state index in [0.717, 1.165) is 28.0 Å². The van der Waals surface area contributed by atoms with Crippen LogP contribution < -0.4 is 4.74 Å². The van der Waals surface area contributed by atoms with Crippen molar-refractivity contribution in [2.75, 3.05) is 60.0 Å². The molecule has 0 spiro atoms. The first kappa shape index (κ1) is 24.7. The fraction of sp³-hybridized carbons (Fsp3) is 0.640. The molecule has 1 aliphatic carbocycles. The van der Waals surface area contributed by atoms with E-state index in [2.05, 4.69) is 33.8 Å². The van der Waals surface area contributed by atoms with Gasteiger partial charge >= 0.3 is 0 Å². The summed E-state index contributed by atoms with van der Waals surface area (Å²) >= 11 is 0. The van der Waals surface area contributed by atoms with Crippen molar-refractivity contribution in [1.82, 2.24) is 0 Å². The molecule has 0 amide bonds. The van der Waals surface area contributed by atoms with Crippen LogP contribution in [0.1, 0.15) is 39.7 Å². The van der Waals surface area contributed by atoms with Crippen molar-refractivity contribution in [3.8, 4) is 5.75 Å². The first-order chi connectivity index (χ1) is 15.2. The Kier molecular flexibility index (Phi) is 8.33. The molecule has 0 bridgehead atoms. The first-order valence-electron chi connectivity index (χ1n) is 11.3. The van der Waals surface area contributed by atoms with E-state index in [9.17, 15) is 5.21 Å². The Hall–Kier alpha value is -1.93. The van der Waals surface area contributed by atoms with Crippen LogP contribution in [0, 0.1) is 16.0 Å². The van der Waals surface area contributed by atoms with Gasteiger partial charge in [0.05, 0.1) is 68.9 Å². The van der Waals surface area contributed by atoms with Gasteiger partial charge in [-0.2, -0.15) is 4.74 Å². The van der Waals surface area contributed by atoms with Gasteiger partial charge in [-0.05, 0) is 37.8 Å². The van der Waals surface area contributed by atoms with Crippen LogP contribution in [0.2, 0.25) is 0 Å². The zero-order valence-corrected chi connectivity index (χ0v) is 20.1. The van der Waals surface area contributed by atoms with Crippen molar-refractivity contribution >= 4 is 17.0 Å². The van der Waals surface area contributed by atoms with E-state index in [1.807, 2.05) is 18.2 Å². The van der Waals surface area contributed by atoms with Crippen molar-refractivity contribution in [3.63, 3.8) is 0 Å². The van der Waals surface area contributed by atoms with Gasteiger partial charge in [0.15, 0.2) is 0 Å². The topological polar surface area (TPSA) is 72.2 Å². The van der Waals surface area contributed by atoms with Gasteiger partial charge in [-0.3, -0.25) is 0 Å². The largest absolute Gasteiger partial charge is 0.618 e. The van der Waals surface area contributed by atoms with Crippen LogP contribution in [0.15, 0.2) is 24.3 Å². The summed E-state index contributed by atoms with van der Waals surface area (Å²) in [6.07, 6.45) is 3.18. The van der Waals surface area contributed by atoms with E-state index in [4.69, 9.17) is 23.7 Å². The number of ether oxygens (including phenoxy) is 5. The molecule has 7 heteroatoms. The maximum atomic E-state index is 13.1. The summed E-state index contributed by atoms with van der Waals surface area (Å²) in [5, 5.41) is 13.1. The highest BCUT2D eigenvalue weighted by Crippen LogP contribution is 2.50. The Morgan fingerprint density at radius 3 is 2.09 bits per heavy atom. The molecule has 0 radical (unpaired) electrons. The van der Waals surface area contributed by atoms with Crippen LogP contribution in [0.4, 0.5) is 5.69 Å². The summed E-state index contributed by atoms with van der Waals surface area (Å²) in [5.41, 5.74) is 3.45. The van der Waals surface area contributed by atoms with Gasteiger partial charge in [0.2, 0.25) is 11.4 Å². The van der Waals surface area contributed by atoms with Crippen molar-refractivity contribution in [1.29, 1.82) is 0 Å². The predicted molar refractivity (Wildman–Crippen MR) is 125 cm³/mol. The van der Waals surface area contributed by atoms with E-state index in [1.165, 1.54) is 0 Å². The normalized spacial score (nSPS) is 18.3. The molecule has 0 saturated heterocycles. The Balaban J connectivity index is 1.43. The van der Waals surface area contributed by atoms with Crippen LogP contribution >= 0.6 is 0 Å². The standard InChI is InChI=1S/C25H37NO6/c1-24(2)17-21-20-7-6-19(16-22(20)26(27)23(21)25(3,4)18-24)32-15-14-31-13-12-30-11-10-29-9-8-28-5/h6-7,16-17H,8-15,18H2,1-5H3. The quantitative estimate of drug-likeness (QED) is 0.256. The lowest BCUT2D eigenvalue weighted by molar-refractivity contribution is -0.361. The molecule has 0 aromatic heterocycles. The Bertz CT molecular complexity index is 843. The number of methoxy groups -OCH3 is 1. The van der Waals surface area contributed by atoms with Crippen LogP contribution in [-0.2, 0) is 18.9 Å². The van der Waals surface area contributed by atoms with Crippen LogP contribution in [-0.4, -0.2) is 70.4 Å². The smallest absolute Gasteiger partial charge is 0.228 e. The Labute approximate surface area is 191 Å². The summed E-state index contributed by atoms with van der Waals surface area (Å²) in [6, 6.07) is 5.76. The molecule has 1 aromatic carbocycles. The van der Waals surface area contributed by atoms with E-state index in [-0.39, 0.29) is 10.8 Å². The molecule has 0 saturated carbocycles. The Morgan fingerprint density at radius 2 is 1.47 bits per heavy atom. The minimum atomic E-state index is -0.179. The van der Waals surface area contributed by atoms with Crippen LogP contribution in [0.25, 0.3) is 5.57 Å². The van der Waals surface area contributed by atoms with Gasteiger partial charge in [-0.25, -0.2) is 0 Å². The fourth-order valence-corrected chi connectivity index (χ4v) is 4.71. The molecule has 0 unspecified atom stereocenters. The molecule has 32 heavy (non-hydrogen) atoms. The summed E-state index contributed by atoms with van der Waals surface area (Å²) in [5.74, 6) is 0.676. The van der Waals surface area contributed by atoms with Crippen molar-refractivity contribution in [2.45, 2.75) is 34.1 Å². The van der Waals surface area contributed by atoms with E-state index in [1.54, 1.807) is 7.11 Å². The molecule has 1 aliphatic heterocycles. The van der Waals surface area contributed by atoms with Gasteiger partial charge in [0.1, 0.15) is 12.4 Å². The average molecular weight is 448 g/mol. The van der Waals surface area contributed by atoms with E-state index < -0.39 is 0 Å². The highest BCUT2D eigenvalue weighted by atomic mass is 16.6. The van der Waals surface area contributed by atoms with Gasteiger partial charge in [0.25, 0.3) is 0 Å². The molecular formula is C25H37NO6. The van der Waals surface area contributed by atoms with Gasteiger partial charge in [-0.15, -0.1) is 0 Å². The maximum Gasteiger partial charge on any atom is 0.228 e. The molecule has 0 fully saturated rings. The highest BCUT2D eigenvalue weighted by Gasteiger charge is 2.48. The van der Waals surface area contributed by atoms with Gasteiger partial charge in [-0.1, -0.05) is 19.9 Å². The van der Waals surface area contributed by atoms with Crippen molar-refractivity contribution in [3.05, 3.63) is 35.0 Å². The number of rotatable bonds is 13. The zero-order chi connectivity index (χ0) is 23.2. The number of allylic oxidation sites excluding steroid dienone is 2. The lowest BCUT2D eigenvalue weighted by Gasteiger charge is -2.36. The van der Waals surface area contributed by atoms with Crippen LogP contribution in [0.5, 0.6) is 5.75 Å². The molecule has 0 N–H and O–H groups in total. The molecule has 178 valence electrons. The number of fused-ring (bicyclic) bond motifs is 3. The second-order valence-corrected chi connectivity index (χ2v) is 9.61. The third kappa shape index (κ3) is 6.10. The lowest BCUT2D eigenvalue weighted by Crippen LogP contribution is -2.36. The number of hydrogen-bond acceptors (Lipinski definition) is 6. The molecule has 3 rings (SSSR count). The van der Waals surface area contributed by atoms with E-state index >= 15 is 0 Å². The van der Waals surface area contributed by atoms with Gasteiger partial charge < -0.3 is 28.9 Å². The minimum Gasteiger partial charge on any atom is -0.618 e. The first-order valence-corrected chi connectivity index (χ1v) is 11.3. The zero-order valence-electron chi connectivity index (χ0n) is 20.1. The average Bonchev–Trinajstić information content (AvgIpc) is 2.99. The maximum absolute atomic E-state index is 13.1. The summed E-state index contributed by atoms with van der Waals surface area (Å²) in [6.45, 7) is 12.9. The highest BCUT2D eigenvalue weighted by molar-refractivity contribution is 6.27. The van der Waals surface area contributed by atoms with Gasteiger partial charge in [0, 0.05) is 7.11 Å². The molecule has 0 atom stereocenters.